The fourth-order valence-corrected chi connectivity index (χ4v) is 0. The molecule has 0 aliphatic heterocycles. The van der Waals surface area contributed by atoms with Crippen LogP contribution in [0.5, 0.6) is 0 Å². The second-order valence-electron chi connectivity index (χ2n) is 0. The number of hydrogen-bond acceptors (Lipinski definition) is 0. The molecule has 2 nitrogen and oxygen atoms in total. The van der Waals surface area contributed by atoms with Gasteiger partial charge in [-0.15, -0.1) is 0 Å². The predicted octanol–water partition coefficient (Wildman–Crippen LogP) is -1.02. The van der Waals surface area contributed by atoms with E-state index in [-0.39, 0.29) is 34.9 Å². The molecule has 4 N–H and O–H groups in total. The Morgan fingerprint density at radius 2 is 0.750 bits per heavy atom. The molecule has 4 heavy (non-hydrogen) atoms. The monoisotopic (exact) mass is 110 g/mol. The molecule has 0 bridgehead atoms. The van der Waals surface area contributed by atoms with E-state index in [1.165, 1.54) is 0 Å². The van der Waals surface area contributed by atoms with Crippen molar-refractivity contribution in [2.24, 2.45) is 0 Å². The summed E-state index contributed by atoms with van der Waals surface area (Å²) in [5, 5.41) is 0. The van der Waals surface area contributed by atoms with Gasteiger partial charge in [-0.3, -0.25) is 0 Å². The summed E-state index contributed by atoms with van der Waals surface area (Å²) in [7, 11) is 0. The zero-order valence-corrected chi connectivity index (χ0v) is 2.30. The average Bonchev–Trinajstić information content (AvgIpc) is 0. The minimum atomic E-state index is 0. The zero-order chi connectivity index (χ0) is 0. The van der Waals surface area contributed by atoms with Gasteiger partial charge in [-0.05, 0) is 0 Å². The van der Waals surface area contributed by atoms with Crippen molar-refractivity contribution in [3.05, 3.63) is 0 Å². The predicted molar refractivity (Wildman–Crippen MR) is 14.0 cm³/mol. The van der Waals surface area contributed by atoms with Gasteiger partial charge in [-0.1, -0.05) is 7.43 Å². The van der Waals surface area contributed by atoms with Crippen LogP contribution in [0.15, 0.2) is 0 Å². The van der Waals surface area contributed by atoms with Gasteiger partial charge >= 0.3 is 0 Å². The first-order chi connectivity index (χ1) is 0. The van der Waals surface area contributed by atoms with E-state index >= 15 is 0 Å². The molecule has 0 heterocycles. The Bertz CT molecular complexity index is 6.00. The first kappa shape index (κ1) is 301. The Hall–Kier alpha value is 0.414. The summed E-state index contributed by atoms with van der Waals surface area (Å²) >= 11 is 0. The first-order valence-corrected chi connectivity index (χ1v) is 0. The van der Waals surface area contributed by atoms with Gasteiger partial charge in [0.05, 0.1) is 0 Å². The van der Waals surface area contributed by atoms with Crippen LogP contribution in [-0.2, 0) is 16.5 Å². The molecule has 0 saturated heterocycles. The van der Waals surface area contributed by atoms with Gasteiger partial charge in [-0.2, -0.15) is 0 Å². The molecule has 0 radical (unpaired) electrons. The summed E-state index contributed by atoms with van der Waals surface area (Å²) in [5.74, 6) is 0. The average molecular weight is 111 g/mol. The number of hydrogen-bond donors (Lipinski definition) is 0. The molecule has 0 aromatic heterocycles. The fraction of sp³-hybridized carbons (Fsp3) is 1.00. The molecule has 34 valence electrons. The van der Waals surface area contributed by atoms with Crippen molar-refractivity contribution in [2.45, 2.75) is 7.43 Å². The minimum Gasteiger partial charge on any atom is -0.412 e. The normalized spacial score (nSPS) is 0. The van der Waals surface area contributed by atoms with E-state index in [0.717, 1.165) is 0 Å². The van der Waals surface area contributed by atoms with Gasteiger partial charge in [0.15, 0.2) is 0 Å². The van der Waals surface area contributed by atoms with Crippen LogP contribution in [0.2, 0.25) is 0 Å². The van der Waals surface area contributed by atoms with Crippen molar-refractivity contribution >= 4 is 0 Å². The molecule has 0 rings (SSSR count). The van der Waals surface area contributed by atoms with Crippen LogP contribution in [0.1, 0.15) is 7.43 Å². The maximum absolute atomic E-state index is 0. The van der Waals surface area contributed by atoms with Crippen LogP contribution in [-0.4, -0.2) is 11.0 Å². The van der Waals surface area contributed by atoms with Crippen LogP contribution in [0.25, 0.3) is 0 Å². The van der Waals surface area contributed by atoms with Crippen LogP contribution >= 0.6 is 0 Å². The maximum atomic E-state index is 0. The van der Waals surface area contributed by atoms with E-state index in [1.54, 1.807) is 0 Å². The molecule has 0 amide bonds. The van der Waals surface area contributed by atoms with E-state index in [1.807, 2.05) is 0 Å². The third-order valence-corrected chi connectivity index (χ3v) is 0. The summed E-state index contributed by atoms with van der Waals surface area (Å²) in [6.07, 6.45) is 0. The summed E-state index contributed by atoms with van der Waals surface area (Å²) in [5.41, 5.74) is 0. The van der Waals surface area contributed by atoms with E-state index < -0.39 is 0 Å². The molecular formula is CH8NiO2. The Morgan fingerprint density at radius 1 is 0.750 bits per heavy atom. The van der Waals surface area contributed by atoms with Crippen LogP contribution < -0.4 is 0 Å². The van der Waals surface area contributed by atoms with E-state index in [9.17, 15) is 0 Å². The number of rotatable bonds is 0. The van der Waals surface area contributed by atoms with E-state index in [2.05, 4.69) is 0 Å². The molecule has 0 aliphatic rings. The fourth-order valence-electron chi connectivity index (χ4n) is 0. The van der Waals surface area contributed by atoms with Crippen molar-refractivity contribution in [1.29, 1.82) is 0 Å². The van der Waals surface area contributed by atoms with Gasteiger partial charge in [0, 0.05) is 16.5 Å². The SMILES string of the molecule is C.O.O.[Ni]. The largest absolute Gasteiger partial charge is 0.412 e. The van der Waals surface area contributed by atoms with Crippen LogP contribution in [0.4, 0.5) is 0 Å². The molecule has 0 atom stereocenters. The van der Waals surface area contributed by atoms with E-state index in [4.69, 9.17) is 0 Å². The third kappa shape index (κ3) is 28.2. The van der Waals surface area contributed by atoms with Crippen molar-refractivity contribution in [3.63, 3.8) is 0 Å². The van der Waals surface area contributed by atoms with Crippen molar-refractivity contribution in [2.75, 3.05) is 0 Å². The Kier molecular flexibility index (Phi) is 8740. The molecule has 3 heteroatoms. The first-order valence-electron chi connectivity index (χ1n) is 0. The van der Waals surface area contributed by atoms with Crippen LogP contribution in [0.3, 0.4) is 0 Å². The van der Waals surface area contributed by atoms with Gasteiger partial charge in [0.25, 0.3) is 0 Å². The summed E-state index contributed by atoms with van der Waals surface area (Å²) in [4.78, 5) is 0. The molecule has 0 aromatic rings. The molecule has 0 aromatic carbocycles. The van der Waals surface area contributed by atoms with Gasteiger partial charge < -0.3 is 11.0 Å². The molecule has 0 fully saturated rings. The summed E-state index contributed by atoms with van der Waals surface area (Å²) in [6, 6.07) is 0. The van der Waals surface area contributed by atoms with Crippen molar-refractivity contribution in [3.8, 4) is 0 Å². The van der Waals surface area contributed by atoms with E-state index in [0.29, 0.717) is 0 Å². The molecule has 0 aliphatic carbocycles. The molecule has 0 saturated carbocycles. The second-order valence-corrected chi connectivity index (χ2v) is 0. The van der Waals surface area contributed by atoms with Crippen molar-refractivity contribution < 1.29 is 27.4 Å². The zero-order valence-electron chi connectivity index (χ0n) is 1.32. The van der Waals surface area contributed by atoms with Gasteiger partial charge in [-0.25, -0.2) is 0 Å². The molecule has 0 spiro atoms. The smallest absolute Gasteiger partial charge is 0 e. The summed E-state index contributed by atoms with van der Waals surface area (Å²) < 4.78 is 0. The van der Waals surface area contributed by atoms with Crippen molar-refractivity contribution in [1.82, 2.24) is 0 Å². The summed E-state index contributed by atoms with van der Waals surface area (Å²) in [6.45, 7) is 0. The second kappa shape index (κ2) is 116. The Labute approximate surface area is 35.7 Å². The standard InChI is InChI=1S/CH4.Ni.2H2O/h1H4;;2*1H2. The van der Waals surface area contributed by atoms with Gasteiger partial charge in [0.2, 0.25) is 0 Å². The topological polar surface area (TPSA) is 63.0 Å². The minimum absolute atomic E-state index is 0. The third-order valence-electron chi connectivity index (χ3n) is 0. The Morgan fingerprint density at radius 3 is 0.750 bits per heavy atom. The molecule has 0 unspecified atom stereocenters. The quantitative estimate of drug-likeness (QED) is 0.359. The maximum Gasteiger partial charge on any atom is 0 e. The van der Waals surface area contributed by atoms with Crippen LogP contribution in [0, 0.1) is 0 Å². The van der Waals surface area contributed by atoms with Gasteiger partial charge in [0.1, 0.15) is 0 Å². The Balaban J connectivity index is 0. The molecular weight excluding hydrogens is 103 g/mol.